The third kappa shape index (κ3) is 5.42. The number of rotatable bonds is 5. The van der Waals surface area contributed by atoms with E-state index in [1.54, 1.807) is 0 Å². The van der Waals surface area contributed by atoms with Crippen molar-refractivity contribution in [2.75, 3.05) is 4.90 Å². The maximum absolute atomic E-state index is 5.25. The van der Waals surface area contributed by atoms with E-state index in [0.717, 1.165) is 50.7 Å². The van der Waals surface area contributed by atoms with Crippen LogP contribution >= 0.6 is 0 Å². The summed E-state index contributed by atoms with van der Waals surface area (Å²) in [6.45, 7) is 6.73. The number of hydrogen-bond acceptors (Lipinski definition) is 3. The quantitative estimate of drug-likeness (QED) is 0.173. The van der Waals surface area contributed by atoms with Gasteiger partial charge in [0.25, 0.3) is 0 Å². The van der Waals surface area contributed by atoms with E-state index < -0.39 is 0 Å². The zero-order chi connectivity index (χ0) is 34.5. The number of fused-ring (bicyclic) bond motifs is 3. The molecule has 1 aliphatic heterocycles. The molecule has 244 valence electrons. The number of aromatic nitrogens is 3. The Hall–Kier alpha value is -6.20. The van der Waals surface area contributed by atoms with Crippen molar-refractivity contribution in [2.24, 2.45) is 0 Å². The zero-order valence-corrected chi connectivity index (χ0v) is 29.0. The molecule has 1 aliphatic rings. The Labute approximate surface area is 299 Å². The Bertz CT molecular complexity index is 2530. The molecule has 0 saturated carbocycles. The van der Waals surface area contributed by atoms with Gasteiger partial charge in [-0.05, 0) is 94.2 Å². The van der Waals surface area contributed by atoms with Gasteiger partial charge in [0.05, 0.1) is 16.7 Å². The summed E-state index contributed by atoms with van der Waals surface area (Å²) in [5.41, 5.74) is 14.8. The SMILES string of the molecule is CC(C)(C)c1ccnc(-c2cccc(B3c4ccccc4N(c4ccccc4)c4ccc(-c5nc6ccccc6n5-c5ccccc5)cc43)c2)c1. The fourth-order valence-corrected chi connectivity index (χ4v) is 7.57. The van der Waals surface area contributed by atoms with Gasteiger partial charge >= 0.3 is 0 Å². The number of hydrogen-bond donors (Lipinski definition) is 0. The number of benzene rings is 6. The Morgan fingerprint density at radius 3 is 2.06 bits per heavy atom. The van der Waals surface area contributed by atoms with Crippen molar-refractivity contribution < 1.29 is 0 Å². The van der Waals surface area contributed by atoms with Gasteiger partial charge in [0.15, 0.2) is 0 Å². The smallest absolute Gasteiger partial charge is 0.246 e. The van der Waals surface area contributed by atoms with Gasteiger partial charge in [0, 0.05) is 34.5 Å². The lowest BCUT2D eigenvalue weighted by molar-refractivity contribution is 0.589. The normalized spacial score (nSPS) is 12.5. The van der Waals surface area contributed by atoms with Gasteiger partial charge in [-0.3, -0.25) is 9.55 Å². The largest absolute Gasteiger partial charge is 0.312 e. The molecule has 3 heterocycles. The predicted molar refractivity (Wildman–Crippen MR) is 214 cm³/mol. The summed E-state index contributed by atoms with van der Waals surface area (Å²) < 4.78 is 2.28. The van der Waals surface area contributed by atoms with Crippen LogP contribution in [-0.4, -0.2) is 21.2 Å². The van der Waals surface area contributed by atoms with Crippen LogP contribution in [0.4, 0.5) is 17.1 Å². The molecule has 5 heteroatoms. The Kier molecular flexibility index (Phi) is 7.43. The molecular formula is C46H37BN4. The minimum absolute atomic E-state index is 0.0172. The second-order valence-electron chi connectivity index (χ2n) is 14.3. The highest BCUT2D eigenvalue weighted by Crippen LogP contribution is 2.38. The maximum Gasteiger partial charge on any atom is 0.246 e. The van der Waals surface area contributed by atoms with Gasteiger partial charge in [-0.25, -0.2) is 4.98 Å². The summed E-state index contributed by atoms with van der Waals surface area (Å²) in [7, 11) is 0. The lowest BCUT2D eigenvalue weighted by Crippen LogP contribution is -2.57. The predicted octanol–water partition coefficient (Wildman–Crippen LogP) is 9.35. The topological polar surface area (TPSA) is 34.0 Å². The molecule has 4 nitrogen and oxygen atoms in total. The number of anilines is 3. The first kappa shape index (κ1) is 30.8. The van der Waals surface area contributed by atoms with Crippen LogP contribution in [0.2, 0.25) is 0 Å². The molecule has 8 aromatic rings. The number of nitrogens with zero attached hydrogens (tertiary/aromatic N) is 4. The highest BCUT2D eigenvalue weighted by atomic mass is 15.2. The van der Waals surface area contributed by atoms with E-state index in [-0.39, 0.29) is 12.1 Å². The second-order valence-corrected chi connectivity index (χ2v) is 14.3. The molecule has 0 bridgehead atoms. The summed E-state index contributed by atoms with van der Waals surface area (Å²) >= 11 is 0. The highest BCUT2D eigenvalue weighted by molar-refractivity contribution is 6.98. The fourth-order valence-electron chi connectivity index (χ4n) is 7.57. The van der Waals surface area contributed by atoms with Crippen LogP contribution in [0.5, 0.6) is 0 Å². The molecule has 2 aromatic heterocycles. The first-order chi connectivity index (χ1) is 24.9. The highest BCUT2D eigenvalue weighted by Gasteiger charge is 2.36. The fraction of sp³-hybridized carbons (Fsp3) is 0.0870. The molecule has 0 fully saturated rings. The first-order valence-corrected chi connectivity index (χ1v) is 17.6. The molecule has 0 saturated heterocycles. The zero-order valence-electron chi connectivity index (χ0n) is 29.0. The van der Waals surface area contributed by atoms with Crippen LogP contribution in [0, 0.1) is 0 Å². The Morgan fingerprint density at radius 2 is 1.25 bits per heavy atom. The van der Waals surface area contributed by atoms with Gasteiger partial charge in [-0.1, -0.05) is 123 Å². The van der Waals surface area contributed by atoms with Crippen molar-refractivity contribution in [1.82, 2.24) is 14.5 Å². The lowest BCUT2D eigenvalue weighted by Gasteiger charge is -2.37. The molecule has 0 aliphatic carbocycles. The Balaban J connectivity index is 1.28. The molecular weight excluding hydrogens is 619 g/mol. The summed E-state index contributed by atoms with van der Waals surface area (Å²) in [5, 5.41) is 0. The van der Waals surface area contributed by atoms with E-state index in [1.807, 2.05) is 6.20 Å². The molecule has 6 aromatic carbocycles. The Morgan fingerprint density at radius 1 is 0.549 bits per heavy atom. The molecule has 0 unspecified atom stereocenters. The van der Waals surface area contributed by atoms with Gasteiger partial charge in [0.2, 0.25) is 6.71 Å². The van der Waals surface area contributed by atoms with Crippen molar-refractivity contribution in [3.05, 3.63) is 176 Å². The summed E-state index contributed by atoms with van der Waals surface area (Å²) in [5.74, 6) is 0.922. The third-order valence-electron chi connectivity index (χ3n) is 10.1. The minimum atomic E-state index is -0.0172. The van der Waals surface area contributed by atoms with Crippen LogP contribution in [0.15, 0.2) is 170 Å². The van der Waals surface area contributed by atoms with Crippen LogP contribution in [0.25, 0.3) is 39.4 Å². The van der Waals surface area contributed by atoms with Gasteiger partial charge in [0.1, 0.15) is 5.82 Å². The molecule has 0 amide bonds. The summed E-state index contributed by atoms with van der Waals surface area (Å²) in [4.78, 5) is 12.5. The minimum Gasteiger partial charge on any atom is -0.312 e. The molecule has 9 rings (SSSR count). The van der Waals surface area contributed by atoms with E-state index in [9.17, 15) is 0 Å². The van der Waals surface area contributed by atoms with E-state index in [2.05, 4.69) is 194 Å². The van der Waals surface area contributed by atoms with Crippen LogP contribution in [-0.2, 0) is 5.41 Å². The monoisotopic (exact) mass is 656 g/mol. The van der Waals surface area contributed by atoms with E-state index in [1.165, 1.54) is 27.6 Å². The molecule has 0 atom stereocenters. The lowest BCUT2D eigenvalue weighted by atomic mass is 9.35. The third-order valence-corrected chi connectivity index (χ3v) is 10.1. The average molecular weight is 657 g/mol. The van der Waals surface area contributed by atoms with E-state index >= 15 is 0 Å². The number of pyridine rings is 1. The number of imidazole rings is 1. The van der Waals surface area contributed by atoms with Crippen molar-refractivity contribution in [2.45, 2.75) is 26.2 Å². The van der Waals surface area contributed by atoms with Crippen LogP contribution < -0.4 is 21.3 Å². The van der Waals surface area contributed by atoms with Crippen molar-refractivity contribution in [3.63, 3.8) is 0 Å². The van der Waals surface area contributed by atoms with Gasteiger partial charge < -0.3 is 4.90 Å². The van der Waals surface area contributed by atoms with Gasteiger partial charge in [-0.2, -0.15) is 0 Å². The van der Waals surface area contributed by atoms with E-state index in [4.69, 9.17) is 9.97 Å². The molecule has 51 heavy (non-hydrogen) atoms. The summed E-state index contributed by atoms with van der Waals surface area (Å²) in [6.07, 6.45) is 1.94. The average Bonchev–Trinajstić information content (AvgIpc) is 3.57. The maximum atomic E-state index is 5.25. The van der Waals surface area contributed by atoms with Crippen LogP contribution in [0.1, 0.15) is 26.3 Å². The number of para-hydroxylation sites is 5. The molecule has 0 radical (unpaired) electrons. The molecule has 0 N–H and O–H groups in total. The van der Waals surface area contributed by atoms with Crippen molar-refractivity contribution in [3.8, 4) is 28.3 Å². The second kappa shape index (κ2) is 12.3. The summed E-state index contributed by atoms with van der Waals surface area (Å²) in [6, 6.07) is 58.7. The van der Waals surface area contributed by atoms with Gasteiger partial charge in [-0.15, -0.1) is 0 Å². The first-order valence-electron chi connectivity index (χ1n) is 17.6. The molecule has 0 spiro atoms. The standard InChI is InChI=1S/C46H37BN4/c1-46(2,3)34-27-28-48-41(31-34)32-15-14-16-35(29-32)47-38-21-10-12-23-42(38)50(36-17-6-4-7-18-36)43-26-25-33(30-39(43)47)45-49-40-22-11-13-24-44(40)51(45)37-19-8-5-9-20-37/h4-31H,1-3H3. The van der Waals surface area contributed by atoms with Crippen molar-refractivity contribution in [1.29, 1.82) is 0 Å². The van der Waals surface area contributed by atoms with E-state index in [0.29, 0.717) is 0 Å². The van der Waals surface area contributed by atoms with Crippen molar-refractivity contribution >= 4 is 51.2 Å². The van der Waals surface area contributed by atoms with Crippen LogP contribution in [0.3, 0.4) is 0 Å².